The largest absolute Gasteiger partial charge is 0.395 e. The summed E-state index contributed by atoms with van der Waals surface area (Å²) in [7, 11) is 0. The molecule has 0 fully saturated rings. The number of pyridine rings is 1. The zero-order valence-electron chi connectivity index (χ0n) is 8.56. The van der Waals surface area contributed by atoms with Crippen LogP contribution in [0.1, 0.15) is 5.56 Å². The first kappa shape index (κ1) is 12.4. The summed E-state index contributed by atoms with van der Waals surface area (Å²) < 4.78 is 0.975. The van der Waals surface area contributed by atoms with Gasteiger partial charge in [0.2, 0.25) is 0 Å². The van der Waals surface area contributed by atoms with Crippen molar-refractivity contribution in [2.45, 2.75) is 6.54 Å². The smallest absolute Gasteiger partial charge is 0.0558 e. The molecule has 1 aromatic rings. The lowest BCUT2D eigenvalue weighted by atomic mass is 10.2. The number of aromatic nitrogens is 1. The minimum atomic E-state index is 0.162. The van der Waals surface area contributed by atoms with E-state index in [0.29, 0.717) is 6.54 Å². The number of halogens is 1. The average Bonchev–Trinajstić information content (AvgIpc) is 2.18. The van der Waals surface area contributed by atoms with Gasteiger partial charge in [0.15, 0.2) is 0 Å². The summed E-state index contributed by atoms with van der Waals surface area (Å²) in [5, 5.41) is 8.90. The Labute approximate surface area is 98.6 Å². The lowest BCUT2D eigenvalue weighted by Gasteiger charge is -2.19. The molecule has 0 radical (unpaired) electrons. The molecule has 3 nitrogen and oxygen atoms in total. The Morgan fingerprint density at radius 3 is 2.93 bits per heavy atom. The van der Waals surface area contributed by atoms with E-state index in [1.165, 1.54) is 0 Å². The van der Waals surface area contributed by atoms with E-state index in [9.17, 15) is 0 Å². The van der Waals surface area contributed by atoms with E-state index >= 15 is 0 Å². The number of aliphatic hydroxyl groups is 1. The fourth-order valence-corrected chi connectivity index (χ4v) is 1.77. The number of nitrogens with zero attached hydrogens (tertiary/aromatic N) is 2. The molecule has 1 rings (SSSR count). The molecule has 0 bridgehead atoms. The van der Waals surface area contributed by atoms with E-state index in [2.05, 4.69) is 32.4 Å². The van der Waals surface area contributed by atoms with Crippen LogP contribution in [0.2, 0.25) is 0 Å². The average molecular weight is 271 g/mol. The third-order valence-corrected chi connectivity index (χ3v) is 2.40. The van der Waals surface area contributed by atoms with Gasteiger partial charge >= 0.3 is 0 Å². The van der Waals surface area contributed by atoms with Crippen molar-refractivity contribution >= 4 is 15.9 Å². The summed E-state index contributed by atoms with van der Waals surface area (Å²) in [6, 6.07) is 2.03. The van der Waals surface area contributed by atoms with Crippen molar-refractivity contribution < 1.29 is 5.11 Å². The van der Waals surface area contributed by atoms with Gasteiger partial charge in [0.1, 0.15) is 0 Å². The highest BCUT2D eigenvalue weighted by Crippen LogP contribution is 2.11. The molecule has 0 aromatic carbocycles. The molecule has 1 heterocycles. The maximum absolute atomic E-state index is 8.90. The van der Waals surface area contributed by atoms with Gasteiger partial charge in [-0.2, -0.15) is 0 Å². The maximum Gasteiger partial charge on any atom is 0.0558 e. The monoisotopic (exact) mass is 270 g/mol. The first-order chi connectivity index (χ1) is 7.26. The molecule has 1 aromatic heterocycles. The van der Waals surface area contributed by atoms with Crippen molar-refractivity contribution in [1.82, 2.24) is 9.88 Å². The van der Waals surface area contributed by atoms with Gasteiger partial charge in [-0.25, -0.2) is 0 Å². The highest BCUT2D eigenvalue weighted by molar-refractivity contribution is 9.10. The van der Waals surface area contributed by atoms with Gasteiger partial charge in [-0.05, 0) is 27.6 Å². The molecule has 0 saturated heterocycles. The van der Waals surface area contributed by atoms with Crippen molar-refractivity contribution in [3.63, 3.8) is 0 Å². The molecule has 0 aliphatic carbocycles. The van der Waals surface area contributed by atoms with Crippen molar-refractivity contribution in [3.8, 4) is 0 Å². The minimum Gasteiger partial charge on any atom is -0.395 e. The zero-order chi connectivity index (χ0) is 11.1. The Bertz CT molecular complexity index is 317. The predicted octanol–water partition coefficient (Wildman–Crippen LogP) is 1.82. The fourth-order valence-electron chi connectivity index (χ4n) is 1.36. The van der Waals surface area contributed by atoms with Crippen LogP contribution in [0.15, 0.2) is 35.6 Å². The molecule has 4 heteroatoms. The summed E-state index contributed by atoms with van der Waals surface area (Å²) in [5.41, 5.74) is 1.12. The van der Waals surface area contributed by atoms with Gasteiger partial charge in [0, 0.05) is 36.5 Å². The molecule has 0 aliphatic heterocycles. The lowest BCUT2D eigenvalue weighted by Crippen LogP contribution is -2.26. The van der Waals surface area contributed by atoms with Crippen molar-refractivity contribution in [2.24, 2.45) is 0 Å². The van der Waals surface area contributed by atoms with Gasteiger partial charge in [0.05, 0.1) is 6.61 Å². The highest BCUT2D eigenvalue weighted by atomic mass is 79.9. The van der Waals surface area contributed by atoms with Crippen molar-refractivity contribution in [3.05, 3.63) is 41.2 Å². The molecule has 0 aliphatic rings. The predicted molar refractivity (Wildman–Crippen MR) is 64.5 cm³/mol. The molecule has 1 N–H and O–H groups in total. The van der Waals surface area contributed by atoms with Crippen LogP contribution in [0.5, 0.6) is 0 Å². The van der Waals surface area contributed by atoms with Gasteiger partial charge < -0.3 is 5.11 Å². The van der Waals surface area contributed by atoms with Crippen LogP contribution in [0.25, 0.3) is 0 Å². The molecule has 0 saturated carbocycles. The molecule has 0 atom stereocenters. The zero-order valence-corrected chi connectivity index (χ0v) is 10.2. The van der Waals surface area contributed by atoms with E-state index < -0.39 is 0 Å². The molecular weight excluding hydrogens is 256 g/mol. The summed E-state index contributed by atoms with van der Waals surface area (Å²) in [5.74, 6) is 0. The Hall–Kier alpha value is -0.710. The van der Waals surface area contributed by atoms with Crippen molar-refractivity contribution in [1.29, 1.82) is 0 Å². The Morgan fingerprint density at radius 1 is 1.53 bits per heavy atom. The van der Waals surface area contributed by atoms with E-state index in [1.54, 1.807) is 6.20 Å². The second-order valence-corrected chi connectivity index (χ2v) is 4.17. The minimum absolute atomic E-state index is 0.162. The van der Waals surface area contributed by atoms with Gasteiger partial charge in [-0.15, -0.1) is 6.58 Å². The first-order valence-corrected chi connectivity index (χ1v) is 5.59. The first-order valence-electron chi connectivity index (χ1n) is 4.80. The highest BCUT2D eigenvalue weighted by Gasteiger charge is 2.03. The second kappa shape index (κ2) is 6.71. The van der Waals surface area contributed by atoms with E-state index in [4.69, 9.17) is 5.11 Å². The molecule has 0 amide bonds. The third kappa shape index (κ3) is 4.55. The van der Waals surface area contributed by atoms with Crippen LogP contribution < -0.4 is 0 Å². The maximum atomic E-state index is 8.90. The Balaban J connectivity index is 2.60. The summed E-state index contributed by atoms with van der Waals surface area (Å²) in [6.07, 6.45) is 5.42. The normalized spacial score (nSPS) is 10.6. The lowest BCUT2D eigenvalue weighted by molar-refractivity contribution is 0.203. The van der Waals surface area contributed by atoms with Crippen LogP contribution in [-0.2, 0) is 6.54 Å². The number of aliphatic hydroxyl groups excluding tert-OH is 1. The standard InChI is InChI=1S/C11H15BrN2O/c1-2-3-14(4-5-15)9-10-6-11(12)8-13-7-10/h2,6-8,15H,1,3-5,9H2. The Morgan fingerprint density at radius 2 is 2.33 bits per heavy atom. The number of hydrogen-bond donors (Lipinski definition) is 1. The van der Waals surface area contributed by atoms with Crippen LogP contribution in [-0.4, -0.2) is 34.7 Å². The van der Waals surface area contributed by atoms with Gasteiger partial charge in [-0.3, -0.25) is 9.88 Å². The molecule has 15 heavy (non-hydrogen) atoms. The van der Waals surface area contributed by atoms with Crippen LogP contribution in [0.4, 0.5) is 0 Å². The van der Waals surface area contributed by atoms with Crippen molar-refractivity contribution in [2.75, 3.05) is 19.7 Å². The van der Waals surface area contributed by atoms with Gasteiger partial charge in [0.25, 0.3) is 0 Å². The summed E-state index contributed by atoms with van der Waals surface area (Å²) in [6.45, 7) is 6.05. The fraction of sp³-hybridized carbons (Fsp3) is 0.364. The SMILES string of the molecule is C=CCN(CCO)Cc1cncc(Br)c1. The van der Waals surface area contributed by atoms with Crippen LogP contribution in [0.3, 0.4) is 0 Å². The van der Waals surface area contributed by atoms with E-state index in [-0.39, 0.29) is 6.61 Å². The summed E-state index contributed by atoms with van der Waals surface area (Å²) >= 11 is 3.38. The topological polar surface area (TPSA) is 36.4 Å². The van der Waals surface area contributed by atoms with Gasteiger partial charge in [-0.1, -0.05) is 6.08 Å². The number of hydrogen-bond acceptors (Lipinski definition) is 3. The molecule has 0 spiro atoms. The van der Waals surface area contributed by atoms with Crippen LogP contribution in [0, 0.1) is 0 Å². The van der Waals surface area contributed by atoms with Crippen LogP contribution >= 0.6 is 15.9 Å². The third-order valence-electron chi connectivity index (χ3n) is 1.97. The molecule has 0 unspecified atom stereocenters. The number of rotatable bonds is 6. The molecular formula is C11H15BrN2O. The second-order valence-electron chi connectivity index (χ2n) is 3.26. The Kier molecular flexibility index (Phi) is 5.53. The quantitative estimate of drug-likeness (QED) is 0.802. The van der Waals surface area contributed by atoms with E-state index in [0.717, 1.165) is 23.1 Å². The van der Waals surface area contributed by atoms with E-state index in [1.807, 2.05) is 18.3 Å². The molecule has 82 valence electrons. The summed E-state index contributed by atoms with van der Waals surface area (Å²) in [4.78, 5) is 6.20.